The van der Waals surface area contributed by atoms with Crippen molar-refractivity contribution in [2.24, 2.45) is 0 Å². The fourth-order valence-electron chi connectivity index (χ4n) is 1.51. The van der Waals surface area contributed by atoms with E-state index in [2.05, 4.69) is 11.4 Å². The van der Waals surface area contributed by atoms with Crippen LogP contribution in [-0.2, 0) is 9.84 Å². The van der Waals surface area contributed by atoms with Gasteiger partial charge in [0.2, 0.25) is 0 Å². The highest BCUT2D eigenvalue weighted by atomic mass is 32.2. The second-order valence-electron chi connectivity index (χ2n) is 3.90. The van der Waals surface area contributed by atoms with Gasteiger partial charge < -0.3 is 5.32 Å². The molecule has 0 aliphatic rings. The molecule has 0 aromatic heterocycles. The topological polar surface area (TPSA) is 70.0 Å². The average molecular weight is 252 g/mol. The molecule has 0 saturated heterocycles. The molecule has 0 amide bonds. The van der Waals surface area contributed by atoms with Crippen LogP contribution >= 0.6 is 0 Å². The summed E-state index contributed by atoms with van der Waals surface area (Å²) >= 11 is 0. The molecule has 1 N–H and O–H groups in total. The summed E-state index contributed by atoms with van der Waals surface area (Å²) in [4.78, 5) is 0. The highest BCUT2D eigenvalue weighted by molar-refractivity contribution is 7.91. The summed E-state index contributed by atoms with van der Waals surface area (Å²) in [6.07, 6.45) is 0. The van der Waals surface area contributed by atoms with E-state index in [1.165, 1.54) is 0 Å². The van der Waals surface area contributed by atoms with E-state index in [9.17, 15) is 8.42 Å². The van der Waals surface area contributed by atoms with Gasteiger partial charge in [0.15, 0.2) is 9.84 Å². The van der Waals surface area contributed by atoms with E-state index in [0.29, 0.717) is 11.3 Å². The lowest BCUT2D eigenvalue weighted by atomic mass is 10.2. The highest BCUT2D eigenvalue weighted by Gasteiger charge is 2.14. The van der Waals surface area contributed by atoms with Gasteiger partial charge in [-0.05, 0) is 19.1 Å². The minimum absolute atomic E-state index is 0.0727. The van der Waals surface area contributed by atoms with Crippen LogP contribution in [0.25, 0.3) is 0 Å². The first-order valence-electron chi connectivity index (χ1n) is 5.44. The summed E-state index contributed by atoms with van der Waals surface area (Å²) in [6, 6.07) is 8.91. The molecule has 1 aromatic carbocycles. The van der Waals surface area contributed by atoms with Crippen LogP contribution in [0.5, 0.6) is 0 Å². The van der Waals surface area contributed by atoms with Crippen molar-refractivity contribution in [2.75, 3.05) is 16.8 Å². The Balaban J connectivity index is 2.76. The molecule has 0 bridgehead atoms. The number of rotatable bonds is 5. The Hall–Kier alpha value is -1.54. The molecular formula is C12H16N2O2S. The van der Waals surface area contributed by atoms with Crippen LogP contribution < -0.4 is 5.32 Å². The third kappa shape index (κ3) is 4.08. The van der Waals surface area contributed by atoms with Crippen LogP contribution in [0.4, 0.5) is 5.69 Å². The second kappa shape index (κ2) is 5.69. The zero-order chi connectivity index (χ0) is 12.9. The quantitative estimate of drug-likeness (QED) is 0.867. The van der Waals surface area contributed by atoms with E-state index in [1.807, 2.05) is 6.07 Å². The first kappa shape index (κ1) is 13.5. The van der Waals surface area contributed by atoms with Crippen LogP contribution in [0.2, 0.25) is 0 Å². The zero-order valence-electron chi connectivity index (χ0n) is 9.97. The highest BCUT2D eigenvalue weighted by Crippen LogP contribution is 2.15. The Morgan fingerprint density at radius 2 is 2.06 bits per heavy atom. The van der Waals surface area contributed by atoms with Crippen LogP contribution in [-0.4, -0.2) is 26.0 Å². The number of para-hydroxylation sites is 1. The van der Waals surface area contributed by atoms with Crippen molar-refractivity contribution < 1.29 is 8.42 Å². The van der Waals surface area contributed by atoms with Crippen molar-refractivity contribution in [3.63, 3.8) is 0 Å². The molecule has 0 aliphatic heterocycles. The van der Waals surface area contributed by atoms with Gasteiger partial charge in [-0.25, -0.2) is 8.42 Å². The van der Waals surface area contributed by atoms with Gasteiger partial charge in [-0.1, -0.05) is 19.1 Å². The Morgan fingerprint density at radius 1 is 1.41 bits per heavy atom. The van der Waals surface area contributed by atoms with Gasteiger partial charge in [0.1, 0.15) is 6.07 Å². The Labute approximate surface area is 102 Å². The van der Waals surface area contributed by atoms with E-state index in [4.69, 9.17) is 5.26 Å². The number of benzene rings is 1. The largest absolute Gasteiger partial charge is 0.380 e. The lowest BCUT2D eigenvalue weighted by molar-refractivity contribution is 0.593. The number of anilines is 1. The lowest BCUT2D eigenvalue weighted by Crippen LogP contribution is -2.27. The van der Waals surface area contributed by atoms with Gasteiger partial charge in [-0.15, -0.1) is 0 Å². The summed E-state index contributed by atoms with van der Waals surface area (Å²) in [6.45, 7) is 3.42. The van der Waals surface area contributed by atoms with E-state index in [-0.39, 0.29) is 17.5 Å². The molecule has 17 heavy (non-hydrogen) atoms. The number of sulfone groups is 1. The second-order valence-corrected chi connectivity index (χ2v) is 6.30. The number of nitriles is 1. The van der Waals surface area contributed by atoms with Crippen molar-refractivity contribution in [1.82, 2.24) is 0 Å². The molecule has 4 nitrogen and oxygen atoms in total. The van der Waals surface area contributed by atoms with Crippen LogP contribution in [0, 0.1) is 11.3 Å². The molecule has 1 rings (SSSR count). The molecule has 1 aromatic rings. The average Bonchev–Trinajstić information content (AvgIpc) is 2.29. The summed E-state index contributed by atoms with van der Waals surface area (Å²) in [7, 11) is -3.00. The van der Waals surface area contributed by atoms with Gasteiger partial charge in [-0.2, -0.15) is 5.26 Å². The smallest absolute Gasteiger partial charge is 0.152 e. The molecule has 0 saturated carbocycles. The minimum Gasteiger partial charge on any atom is -0.380 e. The molecule has 0 fully saturated rings. The predicted octanol–water partition coefficient (Wildman–Crippen LogP) is 1.79. The predicted molar refractivity (Wildman–Crippen MR) is 68.6 cm³/mol. The van der Waals surface area contributed by atoms with Crippen molar-refractivity contribution >= 4 is 15.5 Å². The SMILES string of the molecule is CCS(=O)(=O)CC(C)Nc1ccccc1C#N. The van der Waals surface area contributed by atoms with Gasteiger partial charge in [0, 0.05) is 11.8 Å². The summed E-state index contributed by atoms with van der Waals surface area (Å²) in [5.74, 6) is 0.210. The maximum atomic E-state index is 11.4. The van der Waals surface area contributed by atoms with Gasteiger partial charge in [0.05, 0.1) is 17.0 Å². The monoisotopic (exact) mass is 252 g/mol. The molecule has 0 radical (unpaired) electrons. The number of hydrogen-bond donors (Lipinski definition) is 1. The fourth-order valence-corrected chi connectivity index (χ4v) is 2.59. The summed E-state index contributed by atoms with van der Waals surface area (Å²) < 4.78 is 22.9. The first-order valence-corrected chi connectivity index (χ1v) is 7.26. The standard InChI is InChI=1S/C12H16N2O2S/c1-3-17(15,16)9-10(2)14-12-7-5-4-6-11(12)8-13/h4-7,10,14H,3,9H2,1-2H3. The van der Waals surface area contributed by atoms with Crippen molar-refractivity contribution in [2.45, 2.75) is 19.9 Å². The number of nitrogens with zero attached hydrogens (tertiary/aromatic N) is 1. The Morgan fingerprint density at radius 3 is 2.65 bits per heavy atom. The Bertz CT molecular complexity index is 518. The molecular weight excluding hydrogens is 236 g/mol. The van der Waals surface area contributed by atoms with Gasteiger partial charge in [0.25, 0.3) is 0 Å². The van der Waals surface area contributed by atoms with Crippen molar-refractivity contribution in [3.8, 4) is 6.07 Å². The van der Waals surface area contributed by atoms with E-state index >= 15 is 0 Å². The van der Waals surface area contributed by atoms with E-state index in [0.717, 1.165) is 0 Å². The minimum atomic E-state index is -3.00. The molecule has 1 unspecified atom stereocenters. The molecule has 0 spiro atoms. The molecule has 1 atom stereocenters. The molecule has 0 aliphatic carbocycles. The van der Waals surface area contributed by atoms with Crippen LogP contribution in [0.3, 0.4) is 0 Å². The zero-order valence-corrected chi connectivity index (χ0v) is 10.8. The van der Waals surface area contributed by atoms with Crippen LogP contribution in [0.15, 0.2) is 24.3 Å². The summed E-state index contributed by atoms with van der Waals surface area (Å²) in [5.41, 5.74) is 1.20. The summed E-state index contributed by atoms with van der Waals surface area (Å²) in [5, 5.41) is 12.0. The molecule has 92 valence electrons. The van der Waals surface area contributed by atoms with Crippen molar-refractivity contribution in [3.05, 3.63) is 29.8 Å². The first-order chi connectivity index (χ1) is 7.98. The maximum absolute atomic E-state index is 11.4. The lowest BCUT2D eigenvalue weighted by Gasteiger charge is -2.15. The van der Waals surface area contributed by atoms with Gasteiger partial charge in [-0.3, -0.25) is 0 Å². The van der Waals surface area contributed by atoms with E-state index in [1.54, 1.807) is 32.0 Å². The molecule has 5 heteroatoms. The van der Waals surface area contributed by atoms with E-state index < -0.39 is 9.84 Å². The fraction of sp³-hybridized carbons (Fsp3) is 0.417. The Kier molecular flexibility index (Phi) is 4.53. The maximum Gasteiger partial charge on any atom is 0.152 e. The van der Waals surface area contributed by atoms with Gasteiger partial charge >= 0.3 is 0 Å². The normalized spacial score (nSPS) is 12.8. The van der Waals surface area contributed by atoms with Crippen molar-refractivity contribution in [1.29, 1.82) is 5.26 Å². The number of hydrogen-bond acceptors (Lipinski definition) is 4. The van der Waals surface area contributed by atoms with Crippen LogP contribution in [0.1, 0.15) is 19.4 Å². The third-order valence-corrected chi connectivity index (χ3v) is 4.28. The number of nitrogens with one attached hydrogen (secondary N) is 1. The third-order valence-electron chi connectivity index (χ3n) is 2.39. The molecule has 0 heterocycles.